The zero-order valence-corrected chi connectivity index (χ0v) is 15.8. The third-order valence-electron chi connectivity index (χ3n) is 3.11. The number of hydrogen-bond donors (Lipinski definition) is 1. The SMILES string of the molecule is CC(C)CN(C)C(=O)c1csc(NC(=O)c2ccc(Cl)cc2Cl)n1. The molecule has 0 saturated heterocycles. The van der Waals surface area contributed by atoms with Crippen LogP contribution in [0.4, 0.5) is 5.13 Å². The van der Waals surface area contributed by atoms with E-state index >= 15 is 0 Å². The van der Waals surface area contributed by atoms with Crippen molar-refractivity contribution in [3.63, 3.8) is 0 Å². The van der Waals surface area contributed by atoms with Gasteiger partial charge in [-0.2, -0.15) is 0 Å². The average molecular weight is 386 g/mol. The van der Waals surface area contributed by atoms with Crippen molar-refractivity contribution >= 4 is 51.5 Å². The summed E-state index contributed by atoms with van der Waals surface area (Å²) in [6.45, 7) is 4.71. The molecule has 8 heteroatoms. The van der Waals surface area contributed by atoms with Crippen molar-refractivity contribution in [1.82, 2.24) is 9.88 Å². The first kappa shape index (κ1) is 18.7. The van der Waals surface area contributed by atoms with E-state index in [0.29, 0.717) is 33.9 Å². The van der Waals surface area contributed by atoms with Crippen LogP contribution in [0.25, 0.3) is 0 Å². The predicted octanol–water partition coefficient (Wildman–Crippen LogP) is 4.43. The lowest BCUT2D eigenvalue weighted by atomic mass is 10.2. The zero-order valence-electron chi connectivity index (χ0n) is 13.5. The Hall–Kier alpha value is -1.63. The third kappa shape index (κ3) is 4.69. The zero-order chi connectivity index (χ0) is 17.9. The van der Waals surface area contributed by atoms with Gasteiger partial charge in [-0.25, -0.2) is 4.98 Å². The normalized spacial score (nSPS) is 10.8. The summed E-state index contributed by atoms with van der Waals surface area (Å²) < 4.78 is 0. The fourth-order valence-electron chi connectivity index (χ4n) is 2.09. The molecule has 128 valence electrons. The number of anilines is 1. The van der Waals surface area contributed by atoms with Gasteiger partial charge in [-0.05, 0) is 24.1 Å². The smallest absolute Gasteiger partial charge is 0.273 e. The van der Waals surface area contributed by atoms with Crippen molar-refractivity contribution < 1.29 is 9.59 Å². The Labute approximate surface area is 154 Å². The second-order valence-corrected chi connectivity index (χ2v) is 7.40. The molecule has 0 radical (unpaired) electrons. The minimum Gasteiger partial charge on any atom is -0.340 e. The van der Waals surface area contributed by atoms with Gasteiger partial charge in [0.15, 0.2) is 5.13 Å². The van der Waals surface area contributed by atoms with Gasteiger partial charge < -0.3 is 4.90 Å². The van der Waals surface area contributed by atoms with Gasteiger partial charge in [-0.3, -0.25) is 14.9 Å². The van der Waals surface area contributed by atoms with E-state index in [4.69, 9.17) is 23.2 Å². The maximum atomic E-state index is 12.3. The summed E-state index contributed by atoms with van der Waals surface area (Å²) in [5, 5.41) is 5.31. The molecule has 0 fully saturated rings. The largest absolute Gasteiger partial charge is 0.340 e. The van der Waals surface area contributed by atoms with Crippen LogP contribution in [0.3, 0.4) is 0 Å². The van der Waals surface area contributed by atoms with Crippen LogP contribution in [0.15, 0.2) is 23.6 Å². The molecule has 0 saturated carbocycles. The van der Waals surface area contributed by atoms with Crippen molar-refractivity contribution in [3.05, 3.63) is 44.9 Å². The van der Waals surface area contributed by atoms with Crippen LogP contribution in [0, 0.1) is 5.92 Å². The van der Waals surface area contributed by atoms with Gasteiger partial charge >= 0.3 is 0 Å². The summed E-state index contributed by atoms with van der Waals surface area (Å²) in [5.74, 6) is -0.214. The molecule has 0 bridgehead atoms. The van der Waals surface area contributed by atoms with Gasteiger partial charge in [-0.1, -0.05) is 37.0 Å². The molecule has 24 heavy (non-hydrogen) atoms. The fourth-order valence-corrected chi connectivity index (χ4v) is 3.27. The minimum atomic E-state index is -0.402. The van der Waals surface area contributed by atoms with E-state index in [2.05, 4.69) is 10.3 Å². The third-order valence-corrected chi connectivity index (χ3v) is 4.41. The first-order chi connectivity index (χ1) is 11.3. The number of thiazole rings is 1. The number of carbonyl (C=O) groups is 2. The highest BCUT2D eigenvalue weighted by Crippen LogP contribution is 2.23. The number of halogens is 2. The molecule has 1 aromatic heterocycles. The molecule has 1 N–H and O–H groups in total. The van der Waals surface area contributed by atoms with Crippen LogP contribution in [0.1, 0.15) is 34.7 Å². The molecule has 0 aliphatic carbocycles. The number of nitrogens with one attached hydrogen (secondary N) is 1. The number of rotatable bonds is 5. The van der Waals surface area contributed by atoms with E-state index < -0.39 is 5.91 Å². The maximum Gasteiger partial charge on any atom is 0.273 e. The molecular formula is C16H17Cl2N3O2S. The van der Waals surface area contributed by atoms with E-state index in [9.17, 15) is 9.59 Å². The van der Waals surface area contributed by atoms with Gasteiger partial charge in [0, 0.05) is 24.0 Å². The van der Waals surface area contributed by atoms with Gasteiger partial charge in [0.1, 0.15) is 5.69 Å². The van der Waals surface area contributed by atoms with Crippen LogP contribution < -0.4 is 5.32 Å². The summed E-state index contributed by atoms with van der Waals surface area (Å²) in [6.07, 6.45) is 0. The van der Waals surface area contributed by atoms with Crippen molar-refractivity contribution in [2.24, 2.45) is 5.92 Å². The molecule has 2 amide bonds. The quantitative estimate of drug-likeness (QED) is 0.827. The summed E-state index contributed by atoms with van der Waals surface area (Å²) in [6, 6.07) is 4.62. The van der Waals surface area contributed by atoms with Crippen molar-refractivity contribution in [2.45, 2.75) is 13.8 Å². The molecule has 0 atom stereocenters. The van der Waals surface area contributed by atoms with Crippen LogP contribution in [-0.4, -0.2) is 35.3 Å². The number of nitrogens with zero attached hydrogens (tertiary/aromatic N) is 2. The molecular weight excluding hydrogens is 369 g/mol. The highest BCUT2D eigenvalue weighted by atomic mass is 35.5. The maximum absolute atomic E-state index is 12.3. The van der Waals surface area contributed by atoms with E-state index in [0.717, 1.165) is 0 Å². The Bertz CT molecular complexity index is 762. The van der Waals surface area contributed by atoms with E-state index in [-0.39, 0.29) is 10.9 Å². The molecule has 0 aliphatic heterocycles. The molecule has 0 unspecified atom stereocenters. The number of hydrogen-bond acceptors (Lipinski definition) is 4. The van der Waals surface area contributed by atoms with Crippen LogP contribution in [-0.2, 0) is 0 Å². The molecule has 2 aromatic rings. The summed E-state index contributed by atoms with van der Waals surface area (Å²) in [7, 11) is 1.73. The van der Waals surface area contributed by atoms with Crippen LogP contribution >= 0.6 is 34.5 Å². The van der Waals surface area contributed by atoms with E-state index in [1.807, 2.05) is 13.8 Å². The lowest BCUT2D eigenvalue weighted by Crippen LogP contribution is -2.30. The summed E-state index contributed by atoms with van der Waals surface area (Å²) >= 11 is 13.0. The van der Waals surface area contributed by atoms with Crippen molar-refractivity contribution in [3.8, 4) is 0 Å². The second-order valence-electron chi connectivity index (χ2n) is 5.70. The summed E-state index contributed by atoms with van der Waals surface area (Å²) in [5.41, 5.74) is 0.599. The highest BCUT2D eigenvalue weighted by molar-refractivity contribution is 7.14. The number of benzene rings is 1. The molecule has 0 aliphatic rings. The number of amides is 2. The standard InChI is InChI=1S/C16H17Cl2N3O2S/c1-9(2)7-21(3)15(23)13-8-24-16(19-13)20-14(22)11-5-4-10(17)6-12(11)18/h4-6,8-9H,7H2,1-3H3,(H,19,20,22). The average Bonchev–Trinajstić information content (AvgIpc) is 2.93. The Morgan fingerprint density at radius 1 is 1.33 bits per heavy atom. The van der Waals surface area contributed by atoms with Gasteiger partial charge in [0.2, 0.25) is 0 Å². The first-order valence-corrected chi connectivity index (χ1v) is 8.89. The summed E-state index contributed by atoms with van der Waals surface area (Å²) in [4.78, 5) is 30.3. The van der Waals surface area contributed by atoms with E-state index in [1.165, 1.54) is 23.5 Å². The molecule has 2 rings (SSSR count). The lowest BCUT2D eigenvalue weighted by molar-refractivity contribution is 0.0774. The monoisotopic (exact) mass is 385 g/mol. The topological polar surface area (TPSA) is 62.3 Å². The second kappa shape index (κ2) is 7.96. The first-order valence-electron chi connectivity index (χ1n) is 7.25. The van der Waals surface area contributed by atoms with Gasteiger partial charge in [-0.15, -0.1) is 11.3 Å². The van der Waals surface area contributed by atoms with Crippen molar-refractivity contribution in [2.75, 3.05) is 18.9 Å². The number of carbonyl (C=O) groups excluding carboxylic acids is 2. The van der Waals surface area contributed by atoms with Gasteiger partial charge in [0.05, 0.1) is 10.6 Å². The Kier molecular flexibility index (Phi) is 6.21. The van der Waals surface area contributed by atoms with Crippen LogP contribution in [0.5, 0.6) is 0 Å². The van der Waals surface area contributed by atoms with E-state index in [1.54, 1.807) is 23.4 Å². The molecule has 1 heterocycles. The van der Waals surface area contributed by atoms with Crippen LogP contribution in [0.2, 0.25) is 10.0 Å². The van der Waals surface area contributed by atoms with Crippen molar-refractivity contribution in [1.29, 1.82) is 0 Å². The predicted molar refractivity (Wildman–Crippen MR) is 98.3 cm³/mol. The Morgan fingerprint density at radius 3 is 2.67 bits per heavy atom. The van der Waals surface area contributed by atoms with Gasteiger partial charge in [0.25, 0.3) is 11.8 Å². The Balaban J connectivity index is 2.08. The molecule has 5 nitrogen and oxygen atoms in total. The molecule has 0 spiro atoms. The highest BCUT2D eigenvalue weighted by Gasteiger charge is 2.18. The number of aromatic nitrogens is 1. The molecule has 1 aromatic carbocycles. The fraction of sp³-hybridized carbons (Fsp3) is 0.312. The lowest BCUT2D eigenvalue weighted by Gasteiger charge is -2.17. The minimum absolute atomic E-state index is 0.176. The Morgan fingerprint density at radius 2 is 2.04 bits per heavy atom.